The van der Waals surface area contributed by atoms with Crippen LogP contribution >= 0.6 is 11.3 Å². The average Bonchev–Trinajstić information content (AvgIpc) is 2.92. The average molecular weight is 311 g/mol. The van der Waals surface area contributed by atoms with E-state index < -0.39 is 10.0 Å². The topological polar surface area (TPSA) is 62.8 Å². The number of hydrogen-bond donors (Lipinski definition) is 2. The van der Waals surface area contributed by atoms with Crippen molar-refractivity contribution in [2.24, 2.45) is 0 Å². The quantitative estimate of drug-likeness (QED) is 0.752. The third-order valence-electron chi connectivity index (χ3n) is 2.90. The van der Waals surface area contributed by atoms with Crippen LogP contribution in [-0.4, -0.2) is 21.5 Å². The lowest BCUT2D eigenvalue weighted by atomic mass is 10.2. The number of thiophene rings is 1. The normalized spacial score (nSPS) is 11.7. The highest BCUT2D eigenvalue weighted by atomic mass is 32.2. The van der Waals surface area contributed by atoms with Crippen molar-refractivity contribution in [1.82, 2.24) is 4.72 Å². The summed E-state index contributed by atoms with van der Waals surface area (Å²) >= 11 is 1.71. The summed E-state index contributed by atoms with van der Waals surface area (Å²) < 4.78 is 26.6. The first-order valence-corrected chi connectivity index (χ1v) is 8.84. The Morgan fingerprint density at radius 2 is 1.95 bits per heavy atom. The van der Waals surface area contributed by atoms with Gasteiger partial charge in [-0.2, -0.15) is 0 Å². The van der Waals surface area contributed by atoms with Crippen molar-refractivity contribution >= 4 is 21.4 Å². The molecule has 3 N–H and O–H groups in total. The Labute approximate surface area is 123 Å². The standard InChI is InChI=1S/C14H18N2O2S2/c1-12-4-6-14(7-5-12)20(17,18)16-9-8-15-11-13-3-2-10-19-13/h2-7,10,15-16H,8-9,11H2,1H3/p+1. The fourth-order valence-electron chi connectivity index (χ4n) is 1.77. The van der Waals surface area contributed by atoms with Gasteiger partial charge in [-0.3, -0.25) is 0 Å². The highest BCUT2D eigenvalue weighted by Crippen LogP contribution is 2.09. The first-order valence-electron chi connectivity index (χ1n) is 6.48. The second kappa shape index (κ2) is 6.99. The molecular formula is C14H19N2O2S2+. The predicted molar refractivity (Wildman–Crippen MR) is 81.2 cm³/mol. The van der Waals surface area contributed by atoms with Gasteiger partial charge in [-0.05, 0) is 30.5 Å². The molecule has 0 fully saturated rings. The Balaban J connectivity index is 1.76. The number of hydrogen-bond acceptors (Lipinski definition) is 3. The SMILES string of the molecule is Cc1ccc(S(=O)(=O)NCC[NH2+]Cc2cccs2)cc1. The van der Waals surface area contributed by atoms with Gasteiger partial charge in [0, 0.05) is 0 Å². The molecule has 0 radical (unpaired) electrons. The van der Waals surface area contributed by atoms with E-state index in [9.17, 15) is 8.42 Å². The first kappa shape index (κ1) is 15.2. The Kier molecular flexibility index (Phi) is 5.31. The van der Waals surface area contributed by atoms with E-state index in [1.54, 1.807) is 35.6 Å². The molecule has 1 heterocycles. The van der Waals surface area contributed by atoms with Crippen LogP contribution in [0.1, 0.15) is 10.4 Å². The zero-order valence-corrected chi connectivity index (χ0v) is 13.0. The molecule has 1 aromatic carbocycles. The number of sulfonamides is 1. The molecule has 20 heavy (non-hydrogen) atoms. The molecule has 6 heteroatoms. The van der Waals surface area contributed by atoms with E-state index in [0.717, 1.165) is 18.7 Å². The predicted octanol–water partition coefficient (Wildman–Crippen LogP) is 1.10. The fraction of sp³-hybridized carbons (Fsp3) is 0.286. The number of benzene rings is 1. The van der Waals surface area contributed by atoms with Gasteiger partial charge >= 0.3 is 0 Å². The summed E-state index contributed by atoms with van der Waals surface area (Å²) in [5.41, 5.74) is 1.05. The molecule has 1 aromatic heterocycles. The van der Waals surface area contributed by atoms with Crippen LogP contribution in [-0.2, 0) is 16.6 Å². The van der Waals surface area contributed by atoms with E-state index in [1.807, 2.05) is 18.4 Å². The maximum atomic E-state index is 12.0. The molecule has 0 saturated carbocycles. The van der Waals surface area contributed by atoms with Gasteiger partial charge in [-0.15, -0.1) is 11.3 Å². The van der Waals surface area contributed by atoms with Gasteiger partial charge in [0.05, 0.1) is 22.9 Å². The minimum atomic E-state index is -3.38. The van der Waals surface area contributed by atoms with Gasteiger partial charge in [-0.1, -0.05) is 23.8 Å². The van der Waals surface area contributed by atoms with Gasteiger partial charge in [0.15, 0.2) is 0 Å². The maximum absolute atomic E-state index is 12.0. The molecule has 0 unspecified atom stereocenters. The van der Waals surface area contributed by atoms with Crippen LogP contribution in [0.15, 0.2) is 46.7 Å². The summed E-state index contributed by atoms with van der Waals surface area (Å²) in [4.78, 5) is 1.62. The Bertz CT molecular complexity index is 620. The summed E-state index contributed by atoms with van der Waals surface area (Å²) in [6.45, 7) is 3.98. The van der Waals surface area contributed by atoms with Crippen LogP contribution in [0.3, 0.4) is 0 Å². The van der Waals surface area contributed by atoms with Crippen LogP contribution in [0.2, 0.25) is 0 Å². The lowest BCUT2D eigenvalue weighted by Gasteiger charge is -2.06. The summed E-state index contributed by atoms with van der Waals surface area (Å²) in [5.74, 6) is 0. The van der Waals surface area contributed by atoms with Crippen LogP contribution in [0, 0.1) is 6.92 Å². The van der Waals surface area contributed by atoms with Gasteiger partial charge < -0.3 is 5.32 Å². The number of quaternary nitrogens is 1. The van der Waals surface area contributed by atoms with Crippen molar-refractivity contribution in [1.29, 1.82) is 0 Å². The summed E-state index contributed by atoms with van der Waals surface area (Å²) in [7, 11) is -3.38. The molecule has 0 aliphatic heterocycles. The summed E-state index contributed by atoms with van der Waals surface area (Å²) in [5, 5.41) is 4.15. The lowest BCUT2D eigenvalue weighted by Crippen LogP contribution is -2.84. The highest BCUT2D eigenvalue weighted by Gasteiger charge is 2.12. The van der Waals surface area contributed by atoms with Gasteiger partial charge in [0.2, 0.25) is 10.0 Å². The summed E-state index contributed by atoms with van der Waals surface area (Å²) in [6, 6.07) is 11.0. The summed E-state index contributed by atoms with van der Waals surface area (Å²) in [6.07, 6.45) is 0. The molecule has 2 rings (SSSR count). The molecule has 108 valence electrons. The third kappa shape index (κ3) is 4.42. The molecule has 2 aromatic rings. The highest BCUT2D eigenvalue weighted by molar-refractivity contribution is 7.89. The van der Waals surface area contributed by atoms with Crippen molar-refractivity contribution in [3.8, 4) is 0 Å². The van der Waals surface area contributed by atoms with Gasteiger partial charge in [-0.25, -0.2) is 13.1 Å². The van der Waals surface area contributed by atoms with Crippen molar-refractivity contribution in [2.75, 3.05) is 13.1 Å². The molecule has 0 atom stereocenters. The van der Waals surface area contributed by atoms with Crippen molar-refractivity contribution in [2.45, 2.75) is 18.4 Å². The molecule has 0 bridgehead atoms. The zero-order valence-electron chi connectivity index (χ0n) is 11.4. The van der Waals surface area contributed by atoms with E-state index in [1.165, 1.54) is 4.88 Å². The number of nitrogens with one attached hydrogen (secondary N) is 1. The van der Waals surface area contributed by atoms with E-state index in [4.69, 9.17) is 0 Å². The second-order valence-corrected chi connectivity index (χ2v) is 7.37. The Hall–Kier alpha value is -1.21. The van der Waals surface area contributed by atoms with Gasteiger partial charge in [0.25, 0.3) is 0 Å². The minimum absolute atomic E-state index is 0.321. The third-order valence-corrected chi connectivity index (χ3v) is 5.27. The van der Waals surface area contributed by atoms with Crippen LogP contribution in [0.4, 0.5) is 0 Å². The monoisotopic (exact) mass is 311 g/mol. The van der Waals surface area contributed by atoms with Gasteiger partial charge in [0.1, 0.15) is 6.54 Å². The fourth-order valence-corrected chi connectivity index (χ4v) is 3.52. The maximum Gasteiger partial charge on any atom is 0.240 e. The number of aryl methyl sites for hydroxylation is 1. The largest absolute Gasteiger partial charge is 0.341 e. The molecular weight excluding hydrogens is 292 g/mol. The Morgan fingerprint density at radius 1 is 1.20 bits per heavy atom. The lowest BCUT2D eigenvalue weighted by molar-refractivity contribution is -0.668. The van der Waals surface area contributed by atoms with Crippen LogP contribution in [0.5, 0.6) is 0 Å². The van der Waals surface area contributed by atoms with E-state index in [-0.39, 0.29) is 0 Å². The second-order valence-electron chi connectivity index (χ2n) is 4.57. The Morgan fingerprint density at radius 3 is 2.60 bits per heavy atom. The van der Waals surface area contributed by atoms with E-state index >= 15 is 0 Å². The minimum Gasteiger partial charge on any atom is -0.341 e. The molecule has 0 amide bonds. The van der Waals surface area contributed by atoms with Crippen LogP contribution in [0.25, 0.3) is 0 Å². The zero-order chi connectivity index (χ0) is 14.4. The molecule has 0 aliphatic carbocycles. The van der Waals surface area contributed by atoms with E-state index in [0.29, 0.717) is 11.4 Å². The molecule has 4 nitrogen and oxygen atoms in total. The van der Waals surface area contributed by atoms with Crippen molar-refractivity contribution in [3.63, 3.8) is 0 Å². The molecule has 0 saturated heterocycles. The van der Waals surface area contributed by atoms with Crippen molar-refractivity contribution < 1.29 is 13.7 Å². The number of nitrogens with two attached hydrogens (primary N) is 1. The smallest absolute Gasteiger partial charge is 0.240 e. The van der Waals surface area contributed by atoms with Crippen molar-refractivity contribution in [3.05, 3.63) is 52.2 Å². The molecule has 0 aliphatic rings. The van der Waals surface area contributed by atoms with E-state index in [2.05, 4.69) is 16.1 Å². The van der Waals surface area contributed by atoms with Crippen LogP contribution < -0.4 is 10.0 Å². The first-order chi connectivity index (χ1) is 9.58. The molecule has 0 spiro atoms. The number of rotatable bonds is 7.